The van der Waals surface area contributed by atoms with Crippen molar-refractivity contribution in [3.05, 3.63) is 50.7 Å². The van der Waals surface area contributed by atoms with E-state index in [4.69, 9.17) is 11.6 Å². The van der Waals surface area contributed by atoms with Crippen LogP contribution in [0.5, 0.6) is 0 Å². The fourth-order valence-electron chi connectivity index (χ4n) is 2.50. The minimum absolute atomic E-state index is 0.248. The summed E-state index contributed by atoms with van der Waals surface area (Å²) in [7, 11) is -3.55. The van der Waals surface area contributed by atoms with Gasteiger partial charge in [-0.25, -0.2) is 22.5 Å². The zero-order chi connectivity index (χ0) is 15.0. The summed E-state index contributed by atoms with van der Waals surface area (Å²) in [6.45, 7) is 0. The molecule has 112 valence electrons. The third-order valence-corrected chi connectivity index (χ3v) is 5.86. The predicted molar refractivity (Wildman–Crippen MR) is 80.3 cm³/mol. The maximum atomic E-state index is 13.2. The van der Waals surface area contributed by atoms with E-state index in [-0.39, 0.29) is 17.6 Å². The number of nitrogens with one attached hydrogen (secondary N) is 1. The first-order chi connectivity index (χ1) is 9.94. The number of thiazole rings is 1. The highest BCUT2D eigenvalue weighted by molar-refractivity contribution is 7.88. The lowest BCUT2D eigenvalue weighted by atomic mass is 10.1. The first kappa shape index (κ1) is 14.9. The monoisotopic (exact) mass is 346 g/mol. The van der Waals surface area contributed by atoms with Gasteiger partial charge in [-0.2, -0.15) is 0 Å². The van der Waals surface area contributed by atoms with Crippen LogP contribution in [0.4, 0.5) is 4.39 Å². The molecule has 1 aliphatic rings. The van der Waals surface area contributed by atoms with Crippen LogP contribution in [0.1, 0.15) is 29.3 Å². The second-order valence-corrected chi connectivity index (χ2v) is 8.09. The molecule has 8 heteroatoms. The smallest absolute Gasteiger partial charge is 0.217 e. The molecule has 0 saturated heterocycles. The Labute approximate surface area is 131 Å². The van der Waals surface area contributed by atoms with Crippen LogP contribution in [0.3, 0.4) is 0 Å². The summed E-state index contributed by atoms with van der Waals surface area (Å²) in [4.78, 5) is 3.95. The summed E-state index contributed by atoms with van der Waals surface area (Å²) < 4.78 is 40.6. The Morgan fingerprint density at radius 1 is 1.48 bits per heavy atom. The molecule has 0 spiro atoms. The highest BCUT2D eigenvalue weighted by Gasteiger charge is 2.27. The van der Waals surface area contributed by atoms with Crippen LogP contribution < -0.4 is 4.72 Å². The second kappa shape index (κ2) is 5.64. The lowest BCUT2D eigenvalue weighted by Crippen LogP contribution is -2.28. The van der Waals surface area contributed by atoms with Gasteiger partial charge >= 0.3 is 0 Å². The second-order valence-electron chi connectivity index (χ2n) is 4.88. The molecule has 0 bridgehead atoms. The van der Waals surface area contributed by atoms with Gasteiger partial charge < -0.3 is 0 Å². The average Bonchev–Trinajstić information content (AvgIpc) is 2.96. The van der Waals surface area contributed by atoms with Gasteiger partial charge in [0, 0.05) is 6.04 Å². The van der Waals surface area contributed by atoms with Crippen molar-refractivity contribution in [2.45, 2.75) is 24.6 Å². The van der Waals surface area contributed by atoms with Crippen LogP contribution in [-0.4, -0.2) is 13.4 Å². The highest BCUT2D eigenvalue weighted by atomic mass is 35.5. The van der Waals surface area contributed by atoms with Crippen LogP contribution in [0.2, 0.25) is 4.34 Å². The molecule has 1 N–H and O–H groups in total. The lowest BCUT2D eigenvalue weighted by Gasteiger charge is -2.14. The minimum Gasteiger partial charge on any atom is -0.247 e. The van der Waals surface area contributed by atoms with Crippen molar-refractivity contribution in [2.24, 2.45) is 0 Å². The Hall–Kier alpha value is -1.02. The fraction of sp³-hybridized carbons (Fsp3) is 0.308. The number of aryl methyl sites for hydroxylation is 1. The van der Waals surface area contributed by atoms with E-state index in [2.05, 4.69) is 9.71 Å². The van der Waals surface area contributed by atoms with Crippen molar-refractivity contribution in [1.82, 2.24) is 9.71 Å². The van der Waals surface area contributed by atoms with Gasteiger partial charge in [0.2, 0.25) is 10.0 Å². The van der Waals surface area contributed by atoms with E-state index in [1.165, 1.54) is 29.0 Å². The van der Waals surface area contributed by atoms with E-state index in [1.807, 2.05) is 0 Å². The molecule has 1 aliphatic carbocycles. The maximum absolute atomic E-state index is 13.2. The normalized spacial score (nSPS) is 17.9. The fourth-order valence-corrected chi connectivity index (χ4v) is 4.78. The molecule has 1 aromatic carbocycles. The SMILES string of the molecule is O=S(=O)(Cc1ncsc1Cl)NC1CCc2cc(F)ccc21. The van der Waals surface area contributed by atoms with E-state index in [0.717, 1.165) is 11.1 Å². The highest BCUT2D eigenvalue weighted by Crippen LogP contribution is 2.32. The minimum atomic E-state index is -3.55. The molecule has 1 atom stereocenters. The number of hydrogen-bond donors (Lipinski definition) is 1. The van der Waals surface area contributed by atoms with Crippen LogP contribution in [0.15, 0.2) is 23.7 Å². The van der Waals surface area contributed by atoms with Gasteiger partial charge in [0.1, 0.15) is 15.9 Å². The Balaban J connectivity index is 1.77. The van der Waals surface area contributed by atoms with Crippen molar-refractivity contribution < 1.29 is 12.8 Å². The third-order valence-electron chi connectivity index (χ3n) is 3.42. The van der Waals surface area contributed by atoms with Crippen molar-refractivity contribution in [3.63, 3.8) is 0 Å². The summed E-state index contributed by atoms with van der Waals surface area (Å²) in [6, 6.07) is 4.13. The molecule has 0 saturated carbocycles. The van der Waals surface area contributed by atoms with Crippen LogP contribution >= 0.6 is 22.9 Å². The molecule has 4 nitrogen and oxygen atoms in total. The van der Waals surface area contributed by atoms with Crippen molar-refractivity contribution >= 4 is 33.0 Å². The summed E-state index contributed by atoms with van der Waals surface area (Å²) in [5.41, 5.74) is 3.56. The molecule has 21 heavy (non-hydrogen) atoms. The summed E-state index contributed by atoms with van der Waals surface area (Å²) in [5.74, 6) is -0.547. The Bertz CT molecular complexity index is 776. The molecule has 0 aliphatic heterocycles. The molecule has 1 aromatic heterocycles. The number of halogens is 2. The maximum Gasteiger partial charge on any atom is 0.217 e. The van der Waals surface area contributed by atoms with Crippen LogP contribution in [-0.2, 0) is 22.2 Å². The van der Waals surface area contributed by atoms with Gasteiger partial charge in [-0.05, 0) is 36.1 Å². The average molecular weight is 347 g/mol. The topological polar surface area (TPSA) is 59.1 Å². The summed E-state index contributed by atoms with van der Waals surface area (Å²) in [6.07, 6.45) is 1.29. The van der Waals surface area contributed by atoms with Gasteiger partial charge in [-0.15, -0.1) is 11.3 Å². The number of rotatable bonds is 4. The Kier molecular flexibility index (Phi) is 4.00. The largest absolute Gasteiger partial charge is 0.247 e. The Morgan fingerprint density at radius 3 is 3.00 bits per heavy atom. The molecular formula is C13H12ClFN2O2S2. The number of hydrogen-bond acceptors (Lipinski definition) is 4. The van der Waals surface area contributed by atoms with Gasteiger partial charge in [0.15, 0.2) is 0 Å². The van der Waals surface area contributed by atoms with Crippen molar-refractivity contribution in [2.75, 3.05) is 0 Å². The standard InChI is InChI=1S/C13H12ClFN2O2S2/c14-13-12(16-7-20-13)6-21(18,19)17-11-4-1-8-5-9(15)2-3-10(8)11/h2-3,5,7,11,17H,1,4,6H2. The number of sulfonamides is 1. The number of nitrogens with zero attached hydrogens (tertiary/aromatic N) is 1. The van der Waals surface area contributed by atoms with Crippen molar-refractivity contribution in [3.8, 4) is 0 Å². The predicted octanol–water partition coefficient (Wildman–Crippen LogP) is 3.04. The molecular weight excluding hydrogens is 335 g/mol. The van der Waals surface area contributed by atoms with E-state index < -0.39 is 10.0 Å². The zero-order valence-corrected chi connectivity index (χ0v) is 13.2. The summed E-state index contributed by atoms with van der Waals surface area (Å²) >= 11 is 7.08. The van der Waals surface area contributed by atoms with Gasteiger partial charge in [-0.3, -0.25) is 0 Å². The zero-order valence-electron chi connectivity index (χ0n) is 10.8. The lowest BCUT2D eigenvalue weighted by molar-refractivity contribution is 0.553. The summed E-state index contributed by atoms with van der Waals surface area (Å²) in [5, 5.41) is 0. The van der Waals surface area contributed by atoms with E-state index in [9.17, 15) is 12.8 Å². The number of fused-ring (bicyclic) bond motifs is 1. The van der Waals surface area contributed by atoms with Gasteiger partial charge in [0.25, 0.3) is 0 Å². The molecule has 0 fully saturated rings. The van der Waals surface area contributed by atoms with E-state index in [1.54, 1.807) is 6.07 Å². The third kappa shape index (κ3) is 3.26. The molecule has 1 heterocycles. The molecule has 0 amide bonds. The number of aromatic nitrogens is 1. The first-order valence-electron chi connectivity index (χ1n) is 6.31. The molecule has 3 rings (SSSR count). The quantitative estimate of drug-likeness (QED) is 0.925. The molecule has 0 radical (unpaired) electrons. The molecule has 1 unspecified atom stereocenters. The first-order valence-corrected chi connectivity index (χ1v) is 9.22. The van der Waals surface area contributed by atoms with E-state index >= 15 is 0 Å². The van der Waals surface area contributed by atoms with Gasteiger partial charge in [0.05, 0.1) is 11.2 Å². The number of benzene rings is 1. The van der Waals surface area contributed by atoms with Gasteiger partial charge in [-0.1, -0.05) is 17.7 Å². The van der Waals surface area contributed by atoms with Crippen LogP contribution in [0.25, 0.3) is 0 Å². The van der Waals surface area contributed by atoms with E-state index in [0.29, 0.717) is 22.9 Å². The Morgan fingerprint density at radius 2 is 2.29 bits per heavy atom. The molecule has 2 aromatic rings. The van der Waals surface area contributed by atoms with Crippen molar-refractivity contribution in [1.29, 1.82) is 0 Å². The van der Waals surface area contributed by atoms with Crippen LogP contribution in [0, 0.1) is 5.82 Å².